The smallest absolute Gasteiger partial charge is 0.272 e. The number of hydrogen-bond donors (Lipinski definition) is 1. The standard InChI is InChI=1S/C16H24N4O/c1-11(2)20-7-3-4-14(10-20)18-16(21)15-8-13(9-17-19-15)12-5-6-12/h8-9,11-12,14H,3-7,10H2,1-2H3,(H,18,21). The fourth-order valence-corrected chi connectivity index (χ4v) is 2.99. The van der Waals surface area contributed by atoms with Crippen molar-refractivity contribution in [1.29, 1.82) is 0 Å². The monoisotopic (exact) mass is 288 g/mol. The summed E-state index contributed by atoms with van der Waals surface area (Å²) in [5.74, 6) is 0.513. The summed E-state index contributed by atoms with van der Waals surface area (Å²) in [6, 6.07) is 2.66. The first kappa shape index (κ1) is 14.4. The molecule has 1 unspecified atom stereocenters. The Bertz CT molecular complexity index is 513. The van der Waals surface area contributed by atoms with Crippen molar-refractivity contribution in [2.45, 2.75) is 57.5 Å². The van der Waals surface area contributed by atoms with E-state index >= 15 is 0 Å². The maximum atomic E-state index is 12.4. The van der Waals surface area contributed by atoms with E-state index in [1.165, 1.54) is 12.8 Å². The largest absolute Gasteiger partial charge is 0.347 e. The van der Waals surface area contributed by atoms with Crippen LogP contribution < -0.4 is 5.32 Å². The SMILES string of the molecule is CC(C)N1CCCC(NC(=O)c2cc(C3CC3)cnn2)C1. The van der Waals surface area contributed by atoms with Crippen LogP contribution in [0.25, 0.3) is 0 Å². The Balaban J connectivity index is 1.61. The third kappa shape index (κ3) is 3.59. The molecule has 0 bridgehead atoms. The molecule has 5 nitrogen and oxygen atoms in total. The van der Waals surface area contributed by atoms with Crippen LogP contribution in [0.4, 0.5) is 0 Å². The minimum atomic E-state index is -0.0828. The lowest BCUT2D eigenvalue weighted by Gasteiger charge is -2.35. The Labute approximate surface area is 126 Å². The van der Waals surface area contributed by atoms with E-state index in [0.29, 0.717) is 17.7 Å². The fourth-order valence-electron chi connectivity index (χ4n) is 2.99. The molecule has 1 saturated carbocycles. The van der Waals surface area contributed by atoms with Crippen molar-refractivity contribution in [3.63, 3.8) is 0 Å². The number of nitrogens with one attached hydrogen (secondary N) is 1. The van der Waals surface area contributed by atoms with Crippen molar-refractivity contribution in [2.75, 3.05) is 13.1 Å². The molecule has 2 heterocycles. The molecule has 5 heteroatoms. The maximum absolute atomic E-state index is 12.4. The Morgan fingerprint density at radius 1 is 1.38 bits per heavy atom. The molecule has 114 valence electrons. The molecular formula is C16H24N4O. The molecule has 0 radical (unpaired) electrons. The summed E-state index contributed by atoms with van der Waals surface area (Å²) in [6.45, 7) is 6.46. The third-order valence-corrected chi connectivity index (χ3v) is 4.48. The molecule has 1 amide bonds. The summed E-state index contributed by atoms with van der Waals surface area (Å²) in [7, 11) is 0. The second-order valence-corrected chi connectivity index (χ2v) is 6.55. The molecule has 1 saturated heterocycles. The van der Waals surface area contributed by atoms with Gasteiger partial charge >= 0.3 is 0 Å². The van der Waals surface area contributed by atoms with Crippen molar-refractivity contribution in [3.05, 3.63) is 23.5 Å². The lowest BCUT2D eigenvalue weighted by Crippen LogP contribution is -2.49. The molecule has 0 aromatic carbocycles. The molecule has 1 aromatic rings. The number of carbonyl (C=O) groups excluding carboxylic acids is 1. The van der Waals surface area contributed by atoms with Crippen molar-refractivity contribution in [1.82, 2.24) is 20.4 Å². The van der Waals surface area contributed by atoms with E-state index in [4.69, 9.17) is 0 Å². The number of aromatic nitrogens is 2. The highest BCUT2D eigenvalue weighted by Crippen LogP contribution is 2.39. The predicted molar refractivity (Wildman–Crippen MR) is 81.2 cm³/mol. The van der Waals surface area contributed by atoms with E-state index in [1.54, 1.807) is 6.20 Å². The van der Waals surface area contributed by atoms with Gasteiger partial charge in [-0.15, -0.1) is 5.10 Å². The minimum absolute atomic E-state index is 0.0828. The fraction of sp³-hybridized carbons (Fsp3) is 0.688. The highest BCUT2D eigenvalue weighted by molar-refractivity contribution is 5.92. The summed E-state index contributed by atoms with van der Waals surface area (Å²) < 4.78 is 0. The number of hydrogen-bond acceptors (Lipinski definition) is 4. The summed E-state index contributed by atoms with van der Waals surface area (Å²) >= 11 is 0. The van der Waals surface area contributed by atoms with Crippen LogP contribution in [-0.4, -0.2) is 46.2 Å². The third-order valence-electron chi connectivity index (χ3n) is 4.48. The zero-order chi connectivity index (χ0) is 14.8. The summed E-state index contributed by atoms with van der Waals surface area (Å²) in [4.78, 5) is 14.8. The van der Waals surface area contributed by atoms with Gasteiger partial charge in [0, 0.05) is 18.6 Å². The zero-order valence-corrected chi connectivity index (χ0v) is 12.9. The van der Waals surface area contributed by atoms with Gasteiger partial charge < -0.3 is 5.32 Å². The van der Waals surface area contributed by atoms with Gasteiger partial charge in [0.15, 0.2) is 5.69 Å². The van der Waals surface area contributed by atoms with Crippen molar-refractivity contribution >= 4 is 5.91 Å². The first-order chi connectivity index (χ1) is 10.1. The number of likely N-dealkylation sites (tertiary alicyclic amines) is 1. The Hall–Kier alpha value is -1.49. The van der Waals surface area contributed by atoms with E-state index in [2.05, 4.69) is 34.3 Å². The maximum Gasteiger partial charge on any atom is 0.272 e. The van der Waals surface area contributed by atoms with Gasteiger partial charge in [-0.1, -0.05) is 0 Å². The van der Waals surface area contributed by atoms with E-state index in [-0.39, 0.29) is 11.9 Å². The summed E-state index contributed by atoms with van der Waals surface area (Å²) in [5, 5.41) is 11.1. The molecule has 1 aliphatic carbocycles. The Morgan fingerprint density at radius 2 is 2.19 bits per heavy atom. The average Bonchev–Trinajstić information content (AvgIpc) is 3.32. The van der Waals surface area contributed by atoms with Crippen LogP contribution in [-0.2, 0) is 0 Å². The van der Waals surface area contributed by atoms with Crippen LogP contribution in [0.2, 0.25) is 0 Å². The summed E-state index contributed by atoms with van der Waals surface area (Å²) in [5.41, 5.74) is 1.61. The van der Waals surface area contributed by atoms with Crippen LogP contribution in [0, 0.1) is 0 Å². The average molecular weight is 288 g/mol. The van der Waals surface area contributed by atoms with E-state index in [0.717, 1.165) is 31.5 Å². The van der Waals surface area contributed by atoms with Gasteiger partial charge in [0.2, 0.25) is 0 Å². The topological polar surface area (TPSA) is 58.1 Å². The number of nitrogens with zero attached hydrogens (tertiary/aromatic N) is 3. The highest BCUT2D eigenvalue weighted by Gasteiger charge is 2.26. The predicted octanol–water partition coefficient (Wildman–Crippen LogP) is 1.96. The van der Waals surface area contributed by atoms with Gasteiger partial charge in [0.25, 0.3) is 5.91 Å². The lowest BCUT2D eigenvalue weighted by molar-refractivity contribution is 0.0880. The molecule has 21 heavy (non-hydrogen) atoms. The molecule has 1 aromatic heterocycles. The van der Waals surface area contributed by atoms with Crippen molar-refractivity contribution < 1.29 is 4.79 Å². The second-order valence-electron chi connectivity index (χ2n) is 6.55. The quantitative estimate of drug-likeness (QED) is 0.920. The molecule has 2 fully saturated rings. The van der Waals surface area contributed by atoms with Gasteiger partial charge in [-0.3, -0.25) is 9.69 Å². The molecule has 2 aliphatic rings. The highest BCUT2D eigenvalue weighted by atomic mass is 16.2. The first-order valence-corrected chi connectivity index (χ1v) is 8.01. The first-order valence-electron chi connectivity index (χ1n) is 8.01. The number of piperidine rings is 1. The zero-order valence-electron chi connectivity index (χ0n) is 12.9. The normalized spacial score (nSPS) is 23.3. The molecule has 1 aliphatic heterocycles. The Morgan fingerprint density at radius 3 is 2.90 bits per heavy atom. The van der Waals surface area contributed by atoms with Crippen LogP contribution in [0.3, 0.4) is 0 Å². The van der Waals surface area contributed by atoms with Gasteiger partial charge in [-0.05, 0) is 63.6 Å². The van der Waals surface area contributed by atoms with Gasteiger partial charge in [-0.25, -0.2) is 0 Å². The number of amides is 1. The minimum Gasteiger partial charge on any atom is -0.347 e. The number of rotatable bonds is 4. The van der Waals surface area contributed by atoms with Gasteiger partial charge in [0.1, 0.15) is 0 Å². The van der Waals surface area contributed by atoms with Crippen LogP contribution in [0.5, 0.6) is 0 Å². The van der Waals surface area contributed by atoms with E-state index < -0.39 is 0 Å². The van der Waals surface area contributed by atoms with Crippen LogP contribution in [0.1, 0.15) is 61.5 Å². The van der Waals surface area contributed by atoms with Gasteiger partial charge in [-0.2, -0.15) is 5.10 Å². The molecular weight excluding hydrogens is 264 g/mol. The van der Waals surface area contributed by atoms with Crippen molar-refractivity contribution in [2.24, 2.45) is 0 Å². The van der Waals surface area contributed by atoms with Crippen LogP contribution in [0.15, 0.2) is 12.3 Å². The van der Waals surface area contributed by atoms with Crippen LogP contribution >= 0.6 is 0 Å². The van der Waals surface area contributed by atoms with Crippen molar-refractivity contribution in [3.8, 4) is 0 Å². The molecule has 1 N–H and O–H groups in total. The molecule has 0 spiro atoms. The van der Waals surface area contributed by atoms with E-state index in [9.17, 15) is 4.79 Å². The Kier molecular flexibility index (Phi) is 4.19. The molecule has 1 atom stereocenters. The van der Waals surface area contributed by atoms with Gasteiger partial charge in [0.05, 0.1) is 6.20 Å². The lowest BCUT2D eigenvalue weighted by atomic mass is 10.0. The second kappa shape index (κ2) is 6.10. The van der Waals surface area contributed by atoms with E-state index in [1.807, 2.05) is 6.07 Å². The number of carbonyl (C=O) groups is 1. The summed E-state index contributed by atoms with van der Waals surface area (Å²) in [6.07, 6.45) is 6.38. The molecule has 3 rings (SSSR count).